The largest absolute Gasteiger partial charge is 0.382 e. The van der Waals surface area contributed by atoms with Crippen LogP contribution in [-0.4, -0.2) is 16.5 Å². The lowest BCUT2D eigenvalue weighted by atomic mass is 10.2. The van der Waals surface area contributed by atoms with E-state index in [1.54, 1.807) is 0 Å². The molecule has 3 N–H and O–H groups in total. The minimum atomic E-state index is 0.319. The summed E-state index contributed by atoms with van der Waals surface area (Å²) in [5.41, 5.74) is 5.53. The SMILES string of the molecule is CCCCCNc1ncnc(N)c1Cl. The number of nitrogen functional groups attached to an aromatic ring is 1. The minimum absolute atomic E-state index is 0.319. The van der Waals surface area contributed by atoms with Crippen molar-refractivity contribution in [1.29, 1.82) is 0 Å². The first kappa shape index (κ1) is 11.0. The Bertz CT molecular complexity index is 290. The Balaban J connectivity index is 2.46. The first-order valence-corrected chi connectivity index (χ1v) is 5.13. The van der Waals surface area contributed by atoms with Crippen LogP contribution >= 0.6 is 11.6 Å². The van der Waals surface area contributed by atoms with E-state index in [4.69, 9.17) is 17.3 Å². The van der Waals surface area contributed by atoms with Gasteiger partial charge >= 0.3 is 0 Å². The predicted octanol–water partition coefficient (Wildman–Crippen LogP) is 2.31. The number of halogens is 1. The van der Waals surface area contributed by atoms with E-state index in [-0.39, 0.29) is 0 Å². The second kappa shape index (κ2) is 5.65. The normalized spacial score (nSPS) is 10.1. The van der Waals surface area contributed by atoms with Crippen LogP contribution in [0, 0.1) is 0 Å². The van der Waals surface area contributed by atoms with Crippen LogP contribution < -0.4 is 11.1 Å². The quantitative estimate of drug-likeness (QED) is 0.739. The molecule has 0 bridgehead atoms. The number of unbranched alkanes of at least 4 members (excludes halogenated alkanes) is 2. The molecule has 0 aliphatic rings. The number of nitrogens with two attached hydrogens (primary N) is 1. The number of nitrogens with zero attached hydrogens (tertiary/aromatic N) is 2. The molecule has 1 aromatic rings. The van der Waals surface area contributed by atoms with Crippen LogP contribution in [0.3, 0.4) is 0 Å². The molecule has 0 aromatic carbocycles. The van der Waals surface area contributed by atoms with Gasteiger partial charge in [0.2, 0.25) is 0 Å². The molecule has 0 atom stereocenters. The van der Waals surface area contributed by atoms with Gasteiger partial charge in [0.1, 0.15) is 23.0 Å². The average molecular weight is 215 g/mol. The van der Waals surface area contributed by atoms with Gasteiger partial charge in [-0.2, -0.15) is 0 Å². The van der Waals surface area contributed by atoms with E-state index in [9.17, 15) is 0 Å². The number of aromatic nitrogens is 2. The standard InChI is InChI=1S/C9H15ClN4/c1-2-3-4-5-12-9-7(10)8(11)13-6-14-9/h6H,2-5H2,1H3,(H3,11,12,13,14). The fourth-order valence-corrected chi connectivity index (χ4v) is 1.25. The molecular formula is C9H15ClN4. The van der Waals surface area contributed by atoms with E-state index < -0.39 is 0 Å². The zero-order valence-electron chi connectivity index (χ0n) is 8.26. The van der Waals surface area contributed by atoms with Gasteiger partial charge in [-0.25, -0.2) is 9.97 Å². The van der Waals surface area contributed by atoms with E-state index in [1.165, 1.54) is 19.2 Å². The molecule has 0 radical (unpaired) electrons. The Morgan fingerprint density at radius 2 is 2.21 bits per heavy atom. The van der Waals surface area contributed by atoms with Crippen molar-refractivity contribution in [2.45, 2.75) is 26.2 Å². The van der Waals surface area contributed by atoms with Gasteiger partial charge in [0, 0.05) is 6.54 Å². The van der Waals surface area contributed by atoms with Gasteiger partial charge in [0.05, 0.1) is 0 Å². The van der Waals surface area contributed by atoms with Crippen molar-refractivity contribution >= 4 is 23.2 Å². The maximum atomic E-state index is 5.89. The van der Waals surface area contributed by atoms with Gasteiger partial charge in [-0.15, -0.1) is 0 Å². The predicted molar refractivity (Wildman–Crippen MR) is 59.5 cm³/mol. The van der Waals surface area contributed by atoms with Gasteiger partial charge < -0.3 is 11.1 Å². The third-order valence-electron chi connectivity index (χ3n) is 1.89. The third kappa shape index (κ3) is 3.03. The van der Waals surface area contributed by atoms with Crippen molar-refractivity contribution in [2.24, 2.45) is 0 Å². The summed E-state index contributed by atoms with van der Waals surface area (Å²) in [6.45, 7) is 3.03. The fraction of sp³-hybridized carbons (Fsp3) is 0.556. The lowest BCUT2D eigenvalue weighted by Crippen LogP contribution is -2.05. The van der Waals surface area contributed by atoms with Crippen LogP contribution in [0.2, 0.25) is 5.02 Å². The van der Waals surface area contributed by atoms with Crippen LogP contribution in [0.1, 0.15) is 26.2 Å². The highest BCUT2D eigenvalue weighted by Gasteiger charge is 2.04. The summed E-state index contributed by atoms with van der Waals surface area (Å²) in [4.78, 5) is 7.78. The highest BCUT2D eigenvalue weighted by atomic mass is 35.5. The Morgan fingerprint density at radius 1 is 1.43 bits per heavy atom. The van der Waals surface area contributed by atoms with Crippen LogP contribution in [0.5, 0.6) is 0 Å². The maximum absolute atomic E-state index is 5.89. The molecule has 1 heterocycles. The topological polar surface area (TPSA) is 63.8 Å². The van der Waals surface area contributed by atoms with Crippen molar-refractivity contribution in [3.63, 3.8) is 0 Å². The summed E-state index contributed by atoms with van der Waals surface area (Å²) in [6, 6.07) is 0. The van der Waals surface area contributed by atoms with Gasteiger partial charge in [0.15, 0.2) is 0 Å². The van der Waals surface area contributed by atoms with Crippen molar-refractivity contribution in [3.05, 3.63) is 11.3 Å². The number of hydrogen-bond acceptors (Lipinski definition) is 4. The highest BCUT2D eigenvalue weighted by Crippen LogP contribution is 2.22. The molecule has 1 rings (SSSR count). The first-order chi connectivity index (χ1) is 6.75. The van der Waals surface area contributed by atoms with Crippen molar-refractivity contribution < 1.29 is 0 Å². The molecule has 0 saturated carbocycles. The number of hydrogen-bond donors (Lipinski definition) is 2. The molecular weight excluding hydrogens is 200 g/mol. The molecule has 0 saturated heterocycles. The molecule has 14 heavy (non-hydrogen) atoms. The van der Waals surface area contributed by atoms with Crippen LogP contribution in [-0.2, 0) is 0 Å². The molecule has 1 aromatic heterocycles. The second-order valence-electron chi connectivity index (χ2n) is 3.06. The summed E-state index contributed by atoms with van der Waals surface area (Å²) in [6.07, 6.45) is 4.91. The summed E-state index contributed by atoms with van der Waals surface area (Å²) in [5.74, 6) is 0.940. The molecule has 4 nitrogen and oxygen atoms in total. The van der Waals surface area contributed by atoms with Crippen molar-refractivity contribution in [1.82, 2.24) is 9.97 Å². The summed E-state index contributed by atoms with van der Waals surface area (Å²) in [7, 11) is 0. The molecule has 0 unspecified atom stereocenters. The first-order valence-electron chi connectivity index (χ1n) is 4.75. The molecule has 78 valence electrons. The van der Waals surface area contributed by atoms with E-state index >= 15 is 0 Å². The minimum Gasteiger partial charge on any atom is -0.382 e. The Morgan fingerprint density at radius 3 is 2.93 bits per heavy atom. The van der Waals surface area contributed by atoms with Crippen molar-refractivity contribution in [2.75, 3.05) is 17.6 Å². The lowest BCUT2D eigenvalue weighted by molar-refractivity contribution is 0.742. The van der Waals surface area contributed by atoms with E-state index in [1.807, 2.05) is 0 Å². The summed E-state index contributed by atoms with van der Waals surface area (Å²) >= 11 is 5.89. The van der Waals surface area contributed by atoms with E-state index in [0.717, 1.165) is 13.0 Å². The number of nitrogens with one attached hydrogen (secondary N) is 1. The Kier molecular flexibility index (Phi) is 4.46. The second-order valence-corrected chi connectivity index (χ2v) is 3.43. The van der Waals surface area contributed by atoms with Gasteiger partial charge in [-0.05, 0) is 6.42 Å². The summed E-state index contributed by atoms with van der Waals surface area (Å²) < 4.78 is 0. The average Bonchev–Trinajstić information content (AvgIpc) is 2.19. The van der Waals surface area contributed by atoms with Gasteiger partial charge in [0.25, 0.3) is 0 Å². The zero-order chi connectivity index (χ0) is 10.4. The van der Waals surface area contributed by atoms with Crippen LogP contribution in [0.25, 0.3) is 0 Å². The molecule has 0 aliphatic heterocycles. The van der Waals surface area contributed by atoms with Gasteiger partial charge in [-0.1, -0.05) is 31.4 Å². The van der Waals surface area contributed by atoms with Crippen LogP contribution in [0.15, 0.2) is 6.33 Å². The Labute approximate surface area is 88.9 Å². The van der Waals surface area contributed by atoms with E-state index in [0.29, 0.717) is 16.7 Å². The molecule has 0 amide bonds. The van der Waals surface area contributed by atoms with Crippen LogP contribution in [0.4, 0.5) is 11.6 Å². The molecule has 0 spiro atoms. The Hall–Kier alpha value is -1.03. The smallest absolute Gasteiger partial charge is 0.150 e. The molecule has 5 heteroatoms. The monoisotopic (exact) mass is 214 g/mol. The lowest BCUT2D eigenvalue weighted by Gasteiger charge is -2.07. The maximum Gasteiger partial charge on any atom is 0.150 e. The fourth-order valence-electron chi connectivity index (χ4n) is 1.09. The molecule has 0 aliphatic carbocycles. The third-order valence-corrected chi connectivity index (χ3v) is 2.26. The zero-order valence-corrected chi connectivity index (χ0v) is 9.01. The number of anilines is 2. The number of rotatable bonds is 5. The highest BCUT2D eigenvalue weighted by molar-refractivity contribution is 6.35. The molecule has 0 fully saturated rings. The van der Waals surface area contributed by atoms with Crippen molar-refractivity contribution in [3.8, 4) is 0 Å². The summed E-state index contributed by atoms with van der Waals surface area (Å²) in [5, 5.41) is 3.53. The van der Waals surface area contributed by atoms with E-state index in [2.05, 4.69) is 22.2 Å². The van der Waals surface area contributed by atoms with Gasteiger partial charge in [-0.3, -0.25) is 0 Å².